The Balaban J connectivity index is 2.86. The van der Waals surface area contributed by atoms with Crippen molar-refractivity contribution in [3.8, 4) is 6.07 Å². The quantitative estimate of drug-likeness (QED) is 0.600. The number of azo groups is 1. The zero-order chi connectivity index (χ0) is 10.4. The lowest BCUT2D eigenvalue weighted by molar-refractivity contribution is 0.614. The van der Waals surface area contributed by atoms with Crippen LogP contribution in [0.25, 0.3) is 0 Å². The Morgan fingerprint density at radius 1 is 1.36 bits per heavy atom. The molecule has 5 nitrogen and oxygen atoms in total. The molecule has 0 spiro atoms. The van der Waals surface area contributed by atoms with Crippen molar-refractivity contribution in [3.63, 3.8) is 0 Å². The van der Waals surface area contributed by atoms with Crippen LogP contribution < -0.4 is 0 Å². The number of nitrogens with zero attached hydrogens (tertiary/aromatic N) is 3. The molecule has 72 valence electrons. The van der Waals surface area contributed by atoms with Gasteiger partial charge < -0.3 is 0 Å². The lowest BCUT2D eigenvalue weighted by Gasteiger charge is -1.92. The van der Waals surface area contributed by atoms with E-state index in [-0.39, 0.29) is 5.88 Å². The van der Waals surface area contributed by atoms with E-state index in [2.05, 4.69) is 10.2 Å². The van der Waals surface area contributed by atoms with Crippen LogP contribution in [0.2, 0.25) is 0 Å². The molecular weight excluding hydrogens is 202 g/mol. The Bertz CT molecular complexity index is 452. The van der Waals surface area contributed by atoms with Gasteiger partial charge in [-0.2, -0.15) is 15.5 Å². The fraction of sp³-hybridized carbons (Fsp3) is 0.125. The summed E-state index contributed by atoms with van der Waals surface area (Å²) in [5.41, 5.74) is 0.754. The van der Waals surface area contributed by atoms with Crippen LogP contribution >= 0.6 is 0 Å². The maximum Gasteiger partial charge on any atom is 0.162 e. The fourth-order valence-corrected chi connectivity index (χ4v) is 0.981. The van der Waals surface area contributed by atoms with Crippen molar-refractivity contribution in [2.45, 2.75) is 0 Å². The molecule has 0 fully saturated rings. The maximum absolute atomic E-state index is 10.2. The third-order valence-electron chi connectivity index (χ3n) is 1.38. The average Bonchev–Trinajstić information content (AvgIpc) is 2.18. The molecule has 0 bridgehead atoms. The normalized spacial score (nSPS) is 10.6. The van der Waals surface area contributed by atoms with Crippen LogP contribution in [-0.2, 0) is 10.7 Å². The van der Waals surface area contributed by atoms with Crippen molar-refractivity contribution in [3.05, 3.63) is 29.8 Å². The van der Waals surface area contributed by atoms with E-state index < -0.39 is 10.7 Å². The second kappa shape index (κ2) is 5.09. The van der Waals surface area contributed by atoms with Crippen LogP contribution in [0.5, 0.6) is 0 Å². The van der Waals surface area contributed by atoms with Crippen LogP contribution in [0.4, 0.5) is 5.69 Å². The Kier molecular flexibility index (Phi) is 3.76. The zero-order valence-corrected chi connectivity index (χ0v) is 8.02. The smallest absolute Gasteiger partial charge is 0.162 e. The molecule has 0 aliphatic carbocycles. The van der Waals surface area contributed by atoms with Crippen LogP contribution in [0.1, 0.15) is 5.56 Å². The highest BCUT2D eigenvalue weighted by Gasteiger charge is 1.97. The molecule has 0 aromatic heterocycles. The molecule has 0 radical (unpaired) electrons. The summed E-state index contributed by atoms with van der Waals surface area (Å²) in [6.45, 7) is 0. The molecule has 0 atom stereocenters. The van der Waals surface area contributed by atoms with Gasteiger partial charge in [-0.05, 0) is 12.1 Å². The van der Waals surface area contributed by atoms with Crippen molar-refractivity contribution >= 4 is 16.4 Å². The molecule has 0 aliphatic rings. The molecule has 0 N–H and O–H groups in total. The van der Waals surface area contributed by atoms with Crippen molar-refractivity contribution in [1.29, 1.82) is 5.26 Å². The molecule has 0 amide bonds. The highest BCUT2D eigenvalue weighted by molar-refractivity contribution is 7.72. The SMILES string of the molecule is N#Cc1ccccc1N=NC[SH](=O)=O. The minimum Gasteiger partial charge on any atom is -0.230 e. The van der Waals surface area contributed by atoms with Gasteiger partial charge in [0.2, 0.25) is 0 Å². The first kappa shape index (κ1) is 10.3. The number of hydrogen-bond donors (Lipinski definition) is 1. The van der Waals surface area contributed by atoms with Gasteiger partial charge in [0.15, 0.2) is 16.6 Å². The second-order valence-electron chi connectivity index (χ2n) is 2.34. The van der Waals surface area contributed by atoms with E-state index in [1.165, 1.54) is 0 Å². The lowest BCUT2D eigenvalue weighted by atomic mass is 10.2. The molecule has 0 unspecified atom stereocenters. The Morgan fingerprint density at radius 3 is 2.71 bits per heavy atom. The van der Waals surface area contributed by atoms with Crippen LogP contribution in [-0.4, -0.2) is 14.3 Å². The predicted octanol–water partition coefficient (Wildman–Crippen LogP) is 1.21. The monoisotopic (exact) mass is 209 g/mol. The molecule has 1 aromatic rings. The summed E-state index contributed by atoms with van der Waals surface area (Å²) >= 11 is 0. The first-order chi connectivity index (χ1) is 6.74. The van der Waals surface area contributed by atoms with Gasteiger partial charge in [-0.1, -0.05) is 12.1 Å². The molecule has 0 aliphatic heterocycles. The topological polar surface area (TPSA) is 82.7 Å². The van der Waals surface area contributed by atoms with Gasteiger partial charge in [0, 0.05) is 0 Å². The number of rotatable bonds is 3. The van der Waals surface area contributed by atoms with E-state index in [0.717, 1.165) is 0 Å². The molecule has 0 heterocycles. The minimum absolute atomic E-state index is 0.352. The molecule has 6 heteroatoms. The van der Waals surface area contributed by atoms with E-state index in [0.29, 0.717) is 11.3 Å². The third-order valence-corrected chi connectivity index (χ3v) is 1.74. The standard InChI is InChI=1S/C8H7N3O2S/c9-5-7-3-1-2-4-8(7)11-10-6-14(12)13/h1-4,14H,6H2. The van der Waals surface area contributed by atoms with E-state index in [9.17, 15) is 8.42 Å². The summed E-state index contributed by atoms with van der Waals surface area (Å²) in [4.78, 5) is 0. The maximum atomic E-state index is 10.2. The number of nitriles is 1. The molecule has 1 aromatic carbocycles. The van der Waals surface area contributed by atoms with Crippen molar-refractivity contribution < 1.29 is 8.42 Å². The average molecular weight is 209 g/mol. The molecule has 14 heavy (non-hydrogen) atoms. The summed E-state index contributed by atoms with van der Waals surface area (Å²) in [6.07, 6.45) is 0. The van der Waals surface area contributed by atoms with Crippen LogP contribution in [0.15, 0.2) is 34.5 Å². The Labute approximate surface area is 82.7 Å². The zero-order valence-electron chi connectivity index (χ0n) is 7.12. The first-order valence-electron chi connectivity index (χ1n) is 3.72. The summed E-state index contributed by atoms with van der Waals surface area (Å²) in [7, 11) is -2.55. The second-order valence-corrected chi connectivity index (χ2v) is 3.29. The molecule has 0 saturated heterocycles. The highest BCUT2D eigenvalue weighted by Crippen LogP contribution is 2.17. The first-order valence-corrected chi connectivity index (χ1v) is 5.08. The van der Waals surface area contributed by atoms with E-state index in [4.69, 9.17) is 5.26 Å². The molecular formula is C8H7N3O2S. The summed E-state index contributed by atoms with van der Waals surface area (Å²) in [5.74, 6) is -0.352. The van der Waals surface area contributed by atoms with Gasteiger partial charge in [-0.3, -0.25) is 0 Å². The fourth-order valence-electron chi connectivity index (χ4n) is 0.815. The highest BCUT2D eigenvalue weighted by atomic mass is 32.2. The Morgan fingerprint density at radius 2 is 2.07 bits per heavy atom. The lowest BCUT2D eigenvalue weighted by Crippen LogP contribution is -1.79. The van der Waals surface area contributed by atoms with Crippen LogP contribution in [0.3, 0.4) is 0 Å². The van der Waals surface area contributed by atoms with Gasteiger partial charge in [-0.15, -0.1) is 0 Å². The van der Waals surface area contributed by atoms with Gasteiger partial charge in [-0.25, -0.2) is 8.42 Å². The summed E-state index contributed by atoms with van der Waals surface area (Å²) < 4.78 is 20.3. The molecule has 1 rings (SSSR count). The number of benzene rings is 1. The van der Waals surface area contributed by atoms with E-state index in [1.54, 1.807) is 24.3 Å². The predicted molar refractivity (Wildman–Crippen MR) is 50.9 cm³/mol. The van der Waals surface area contributed by atoms with Gasteiger partial charge in [0.25, 0.3) is 0 Å². The summed E-state index contributed by atoms with van der Waals surface area (Å²) in [5, 5.41) is 15.7. The largest absolute Gasteiger partial charge is 0.230 e. The number of thiol groups is 1. The summed E-state index contributed by atoms with van der Waals surface area (Å²) in [6, 6.07) is 8.52. The van der Waals surface area contributed by atoms with Gasteiger partial charge in [0.1, 0.15) is 11.8 Å². The van der Waals surface area contributed by atoms with Crippen LogP contribution in [0, 0.1) is 11.3 Å². The number of hydrogen-bond acceptors (Lipinski definition) is 5. The van der Waals surface area contributed by atoms with E-state index in [1.807, 2.05) is 6.07 Å². The van der Waals surface area contributed by atoms with Crippen molar-refractivity contribution in [1.82, 2.24) is 0 Å². The molecule has 0 saturated carbocycles. The van der Waals surface area contributed by atoms with Gasteiger partial charge in [0.05, 0.1) is 5.56 Å². The van der Waals surface area contributed by atoms with Crippen molar-refractivity contribution in [2.24, 2.45) is 10.2 Å². The Hall–Kier alpha value is -1.74. The third kappa shape index (κ3) is 2.95. The van der Waals surface area contributed by atoms with Crippen molar-refractivity contribution in [2.75, 3.05) is 5.88 Å². The van der Waals surface area contributed by atoms with E-state index >= 15 is 0 Å². The van der Waals surface area contributed by atoms with Gasteiger partial charge >= 0.3 is 0 Å². The minimum atomic E-state index is -2.55.